The highest BCUT2D eigenvalue weighted by Gasteiger charge is 2.14. The van der Waals surface area contributed by atoms with E-state index in [9.17, 15) is 0 Å². The quantitative estimate of drug-likeness (QED) is 0.158. The number of para-hydroxylation sites is 3. The summed E-state index contributed by atoms with van der Waals surface area (Å²) in [7, 11) is 0. The lowest BCUT2D eigenvalue weighted by Crippen LogP contribution is -1.93. The summed E-state index contributed by atoms with van der Waals surface area (Å²) in [6.45, 7) is 14.1. The zero-order chi connectivity index (χ0) is 34.9. The van der Waals surface area contributed by atoms with Crippen LogP contribution >= 0.6 is 0 Å². The van der Waals surface area contributed by atoms with Crippen LogP contribution in [0.4, 0.5) is 0 Å². The third-order valence-electron chi connectivity index (χ3n) is 9.70. The van der Waals surface area contributed by atoms with Crippen molar-refractivity contribution >= 4 is 54.8 Å². The lowest BCUT2D eigenvalue weighted by atomic mass is 10.0. The number of fused-ring (bicyclic) bond motifs is 6. The normalized spacial score (nSPS) is 11.1. The SMILES string of the molecule is C=C(C)c1ccc2c(c1)c1ccccc1n2-c1ccc(-c2ccccc2)cc1.C=CC(=C)c1ccc2c(c1)c1ccccc1n2-c1ccccc1. The van der Waals surface area contributed by atoms with E-state index in [1.807, 2.05) is 6.07 Å². The van der Waals surface area contributed by atoms with Gasteiger partial charge in [0, 0.05) is 32.9 Å². The second-order valence-corrected chi connectivity index (χ2v) is 12.9. The molecule has 0 aliphatic rings. The summed E-state index contributed by atoms with van der Waals surface area (Å²) in [6, 6.07) is 60.1. The van der Waals surface area contributed by atoms with Gasteiger partial charge < -0.3 is 9.13 Å². The Morgan fingerprint density at radius 2 is 0.863 bits per heavy atom. The van der Waals surface area contributed by atoms with E-state index < -0.39 is 0 Å². The molecule has 244 valence electrons. The van der Waals surface area contributed by atoms with Gasteiger partial charge in [-0.05, 0) is 95.4 Å². The molecule has 0 atom stereocenters. The van der Waals surface area contributed by atoms with Crippen LogP contribution in [0.5, 0.6) is 0 Å². The van der Waals surface area contributed by atoms with E-state index in [1.54, 1.807) is 6.08 Å². The maximum atomic E-state index is 4.11. The molecule has 2 heterocycles. The minimum Gasteiger partial charge on any atom is -0.309 e. The first-order valence-corrected chi connectivity index (χ1v) is 17.3. The van der Waals surface area contributed by atoms with Crippen LogP contribution in [0.1, 0.15) is 18.1 Å². The van der Waals surface area contributed by atoms with Crippen molar-refractivity contribution in [2.75, 3.05) is 0 Å². The van der Waals surface area contributed by atoms with E-state index in [-0.39, 0.29) is 0 Å². The van der Waals surface area contributed by atoms with Crippen LogP contribution in [0.15, 0.2) is 196 Å². The molecule has 0 unspecified atom stereocenters. The maximum Gasteiger partial charge on any atom is 0.0541 e. The molecule has 0 N–H and O–H groups in total. The standard InChI is InChI=1S/C27H21N.C22H17N/c1-19(2)22-14-17-27-25(18-22)24-10-6-7-11-26(24)28(27)23-15-12-21(13-16-23)20-8-4-3-5-9-20;1-3-16(2)17-13-14-22-20(15-17)19-11-7-8-12-21(19)23(22)18-9-5-4-6-10-18/h3-18H,1H2,2H3;3-15H,1-2H2. The monoisotopic (exact) mass is 654 g/mol. The van der Waals surface area contributed by atoms with E-state index in [4.69, 9.17) is 0 Å². The van der Waals surface area contributed by atoms with Gasteiger partial charge >= 0.3 is 0 Å². The molecule has 9 aromatic rings. The van der Waals surface area contributed by atoms with E-state index >= 15 is 0 Å². The molecule has 0 fully saturated rings. The van der Waals surface area contributed by atoms with E-state index in [1.165, 1.54) is 71.7 Å². The summed E-state index contributed by atoms with van der Waals surface area (Å²) in [5.41, 5.74) is 14.0. The second-order valence-electron chi connectivity index (χ2n) is 12.9. The Bertz CT molecular complexity index is 2720. The van der Waals surface area contributed by atoms with Crippen molar-refractivity contribution in [2.24, 2.45) is 0 Å². The fourth-order valence-corrected chi connectivity index (χ4v) is 7.10. The molecular formula is C49H38N2. The number of hydrogen-bond donors (Lipinski definition) is 0. The molecule has 0 spiro atoms. The number of benzene rings is 7. The molecule has 9 rings (SSSR count). The second kappa shape index (κ2) is 13.3. The molecule has 0 bridgehead atoms. The number of nitrogens with zero attached hydrogens (tertiary/aromatic N) is 2. The molecule has 2 aromatic heterocycles. The average molecular weight is 655 g/mol. The van der Waals surface area contributed by atoms with Crippen LogP contribution in [0.2, 0.25) is 0 Å². The minimum atomic E-state index is 0.948. The van der Waals surface area contributed by atoms with Gasteiger partial charge in [0.2, 0.25) is 0 Å². The van der Waals surface area contributed by atoms with Gasteiger partial charge in [-0.25, -0.2) is 0 Å². The topological polar surface area (TPSA) is 9.86 Å². The summed E-state index contributed by atoms with van der Waals surface area (Å²) in [6.07, 6.45) is 1.80. The van der Waals surface area contributed by atoms with E-state index in [0.29, 0.717) is 0 Å². The Balaban J connectivity index is 0.000000150. The van der Waals surface area contributed by atoms with Crippen molar-refractivity contribution in [3.05, 3.63) is 207 Å². The van der Waals surface area contributed by atoms with E-state index in [0.717, 1.165) is 16.7 Å². The lowest BCUT2D eigenvalue weighted by Gasteiger charge is -2.10. The zero-order valence-electron chi connectivity index (χ0n) is 28.8. The van der Waals surface area contributed by atoms with Gasteiger partial charge in [0.05, 0.1) is 22.1 Å². The molecule has 0 amide bonds. The van der Waals surface area contributed by atoms with Gasteiger partial charge in [-0.3, -0.25) is 0 Å². The predicted molar refractivity (Wildman–Crippen MR) is 221 cm³/mol. The summed E-state index contributed by atoms with van der Waals surface area (Å²) in [5.74, 6) is 0. The first-order valence-electron chi connectivity index (χ1n) is 17.3. The Hall–Kier alpha value is -6.64. The highest BCUT2D eigenvalue weighted by molar-refractivity contribution is 6.11. The van der Waals surface area contributed by atoms with Crippen LogP contribution in [-0.2, 0) is 0 Å². The third-order valence-corrected chi connectivity index (χ3v) is 9.70. The number of allylic oxidation sites excluding steroid dienone is 3. The molecule has 7 aromatic carbocycles. The van der Waals surface area contributed by atoms with Crippen LogP contribution in [0.3, 0.4) is 0 Å². The molecule has 2 heteroatoms. The third kappa shape index (κ3) is 5.77. The van der Waals surface area contributed by atoms with Crippen molar-refractivity contribution in [3.63, 3.8) is 0 Å². The van der Waals surface area contributed by atoms with Crippen molar-refractivity contribution in [1.82, 2.24) is 9.13 Å². The highest BCUT2D eigenvalue weighted by atomic mass is 15.0. The Morgan fingerprint density at radius 1 is 0.431 bits per heavy atom. The predicted octanol–water partition coefficient (Wildman–Crippen LogP) is 13.5. The van der Waals surface area contributed by atoms with Gasteiger partial charge in [-0.1, -0.05) is 141 Å². The zero-order valence-corrected chi connectivity index (χ0v) is 28.8. The van der Waals surface area contributed by atoms with Gasteiger partial charge in [0.15, 0.2) is 0 Å². The van der Waals surface area contributed by atoms with Crippen LogP contribution < -0.4 is 0 Å². The fourth-order valence-electron chi connectivity index (χ4n) is 7.10. The number of hydrogen-bond acceptors (Lipinski definition) is 0. The average Bonchev–Trinajstić information content (AvgIpc) is 3.71. The maximum absolute atomic E-state index is 4.11. The first kappa shape index (κ1) is 31.6. The van der Waals surface area contributed by atoms with Gasteiger partial charge in [0.1, 0.15) is 0 Å². The smallest absolute Gasteiger partial charge is 0.0541 e. The van der Waals surface area contributed by atoms with Gasteiger partial charge in [0.25, 0.3) is 0 Å². The molecule has 0 radical (unpaired) electrons. The summed E-state index contributed by atoms with van der Waals surface area (Å²) in [4.78, 5) is 0. The largest absolute Gasteiger partial charge is 0.309 e. The number of rotatable bonds is 6. The minimum absolute atomic E-state index is 0.948. The first-order chi connectivity index (χ1) is 25.0. The summed E-state index contributed by atoms with van der Waals surface area (Å²) < 4.78 is 4.66. The molecule has 0 saturated heterocycles. The van der Waals surface area contributed by atoms with Crippen molar-refractivity contribution in [3.8, 4) is 22.5 Å². The molecule has 0 aliphatic heterocycles. The van der Waals surface area contributed by atoms with Crippen molar-refractivity contribution < 1.29 is 0 Å². The fraction of sp³-hybridized carbons (Fsp3) is 0.0204. The number of aromatic nitrogens is 2. The molecule has 0 aliphatic carbocycles. The van der Waals surface area contributed by atoms with E-state index in [2.05, 4.69) is 200 Å². The molecule has 0 saturated carbocycles. The Kier molecular flexibility index (Phi) is 8.27. The van der Waals surface area contributed by atoms with Crippen LogP contribution in [0.25, 0.3) is 77.3 Å². The van der Waals surface area contributed by atoms with Crippen LogP contribution in [0, 0.1) is 0 Å². The highest BCUT2D eigenvalue weighted by Crippen LogP contribution is 2.35. The van der Waals surface area contributed by atoms with Crippen molar-refractivity contribution in [1.29, 1.82) is 0 Å². The van der Waals surface area contributed by atoms with Crippen molar-refractivity contribution in [2.45, 2.75) is 6.92 Å². The molecular weight excluding hydrogens is 617 g/mol. The summed E-state index contributed by atoms with van der Waals surface area (Å²) >= 11 is 0. The lowest BCUT2D eigenvalue weighted by molar-refractivity contribution is 1.18. The summed E-state index contributed by atoms with van der Waals surface area (Å²) in [5, 5.41) is 5.03. The Morgan fingerprint density at radius 3 is 1.41 bits per heavy atom. The molecule has 2 nitrogen and oxygen atoms in total. The van der Waals surface area contributed by atoms with Gasteiger partial charge in [-0.2, -0.15) is 0 Å². The Labute approximate surface area is 299 Å². The molecule has 51 heavy (non-hydrogen) atoms. The van der Waals surface area contributed by atoms with Crippen LogP contribution in [-0.4, -0.2) is 9.13 Å². The van der Waals surface area contributed by atoms with Gasteiger partial charge in [-0.15, -0.1) is 0 Å².